The molecule has 6 heteroatoms. The summed E-state index contributed by atoms with van der Waals surface area (Å²) in [5.41, 5.74) is -3.23. The summed E-state index contributed by atoms with van der Waals surface area (Å²) in [6.07, 6.45) is 2.32. The molecule has 2 saturated carbocycles. The van der Waals surface area contributed by atoms with E-state index in [0.29, 0.717) is 5.57 Å². The zero-order valence-corrected chi connectivity index (χ0v) is 19.8. The molecule has 3 rings (SSSR count). The van der Waals surface area contributed by atoms with Gasteiger partial charge >= 0.3 is 5.97 Å². The molecule has 1 saturated heterocycles. The van der Waals surface area contributed by atoms with Crippen LogP contribution in [0.15, 0.2) is 24.3 Å². The standard InChI is InChI=1S/C25H36O6/c1-9-14(3)21(29)30-20-13-18(27)24(7)15(22(20,4)5)11-19(28)25(8)16(24)12-17(26)23(6,10-2)31-25/h9-10,15-16,18,20,27H,2,11-13H2,1,3-8H3/b14-9-/t15-,16+,18-,20+,23-,24-,25-/m1/s1. The molecular formula is C25H36O6. The first-order chi connectivity index (χ1) is 14.2. The maximum Gasteiger partial charge on any atom is 0.333 e. The van der Waals surface area contributed by atoms with E-state index >= 15 is 0 Å². The fourth-order valence-electron chi connectivity index (χ4n) is 6.28. The average molecular weight is 433 g/mol. The van der Waals surface area contributed by atoms with Gasteiger partial charge in [-0.3, -0.25) is 9.59 Å². The Morgan fingerprint density at radius 1 is 1.13 bits per heavy atom. The van der Waals surface area contributed by atoms with Gasteiger partial charge in [0.25, 0.3) is 0 Å². The molecule has 3 fully saturated rings. The molecule has 0 radical (unpaired) electrons. The first kappa shape index (κ1) is 23.9. The number of fused-ring (bicyclic) bond motifs is 3. The van der Waals surface area contributed by atoms with Crippen LogP contribution >= 0.6 is 0 Å². The lowest BCUT2D eigenvalue weighted by Crippen LogP contribution is -2.72. The summed E-state index contributed by atoms with van der Waals surface area (Å²) in [4.78, 5) is 38.9. The third kappa shape index (κ3) is 3.25. The third-order valence-electron chi connectivity index (χ3n) is 8.75. The predicted molar refractivity (Wildman–Crippen MR) is 116 cm³/mol. The van der Waals surface area contributed by atoms with Gasteiger partial charge in [-0.1, -0.05) is 39.5 Å². The molecule has 6 nitrogen and oxygen atoms in total. The Bertz CT molecular complexity index is 856. The summed E-state index contributed by atoms with van der Waals surface area (Å²) in [7, 11) is 0. The summed E-state index contributed by atoms with van der Waals surface area (Å²) in [5, 5.41) is 11.4. The van der Waals surface area contributed by atoms with Crippen LogP contribution in [-0.4, -0.2) is 46.1 Å². The van der Waals surface area contributed by atoms with E-state index in [2.05, 4.69) is 6.58 Å². The second kappa shape index (κ2) is 7.38. The van der Waals surface area contributed by atoms with Crippen LogP contribution in [0.2, 0.25) is 0 Å². The topological polar surface area (TPSA) is 89.9 Å². The smallest absolute Gasteiger partial charge is 0.333 e. The Morgan fingerprint density at radius 2 is 1.71 bits per heavy atom. The van der Waals surface area contributed by atoms with Crippen molar-refractivity contribution in [1.29, 1.82) is 0 Å². The molecule has 0 bridgehead atoms. The monoisotopic (exact) mass is 432 g/mol. The van der Waals surface area contributed by atoms with Crippen LogP contribution in [-0.2, 0) is 23.9 Å². The minimum absolute atomic E-state index is 0.0857. The molecule has 172 valence electrons. The van der Waals surface area contributed by atoms with E-state index in [1.807, 2.05) is 20.8 Å². The van der Waals surface area contributed by atoms with E-state index in [1.165, 1.54) is 6.08 Å². The first-order valence-electron chi connectivity index (χ1n) is 11.1. The van der Waals surface area contributed by atoms with Gasteiger partial charge in [-0.25, -0.2) is 4.79 Å². The molecule has 2 aliphatic carbocycles. The van der Waals surface area contributed by atoms with E-state index in [0.717, 1.165) is 0 Å². The first-order valence-corrected chi connectivity index (χ1v) is 11.1. The van der Waals surface area contributed by atoms with E-state index < -0.39 is 46.1 Å². The summed E-state index contributed by atoms with van der Waals surface area (Å²) >= 11 is 0. The number of hydrogen-bond donors (Lipinski definition) is 1. The number of aliphatic hydroxyl groups is 1. The lowest BCUT2D eigenvalue weighted by molar-refractivity contribution is -0.263. The lowest BCUT2D eigenvalue weighted by atomic mass is 9.42. The highest BCUT2D eigenvalue weighted by molar-refractivity contribution is 5.96. The van der Waals surface area contributed by atoms with Crippen molar-refractivity contribution in [2.75, 3.05) is 0 Å². The molecule has 1 N–H and O–H groups in total. The maximum absolute atomic E-state index is 13.5. The van der Waals surface area contributed by atoms with Gasteiger partial charge in [0.1, 0.15) is 17.3 Å². The zero-order valence-electron chi connectivity index (χ0n) is 19.8. The molecule has 1 aliphatic heterocycles. The normalized spacial score (nSPS) is 44.8. The number of hydrogen-bond acceptors (Lipinski definition) is 6. The number of esters is 1. The molecule has 0 aromatic rings. The molecule has 0 aromatic heterocycles. The molecule has 7 atom stereocenters. The number of aliphatic hydroxyl groups excluding tert-OH is 1. The number of ketones is 2. The maximum atomic E-state index is 13.5. The van der Waals surface area contributed by atoms with Crippen molar-refractivity contribution in [3.63, 3.8) is 0 Å². The number of allylic oxidation sites excluding steroid dienone is 1. The van der Waals surface area contributed by atoms with Crippen LogP contribution < -0.4 is 0 Å². The zero-order chi connectivity index (χ0) is 23.6. The second-order valence-corrected chi connectivity index (χ2v) is 10.7. The fraction of sp³-hybridized carbons (Fsp3) is 0.720. The number of ether oxygens (including phenoxy) is 2. The van der Waals surface area contributed by atoms with Gasteiger partial charge in [-0.15, -0.1) is 0 Å². The van der Waals surface area contributed by atoms with Crippen molar-refractivity contribution < 1.29 is 29.0 Å². The summed E-state index contributed by atoms with van der Waals surface area (Å²) in [6.45, 7) is 16.5. The Morgan fingerprint density at radius 3 is 2.26 bits per heavy atom. The SMILES string of the molecule is C=C[C@@]1(C)O[C@@]2(C)C(=O)C[C@@H]3C(C)(C)[C@@H](OC(=O)/C(C)=C\C)C[C@@H](O)[C@@]3(C)[C@@H]2CC1=O. The highest BCUT2D eigenvalue weighted by Crippen LogP contribution is 2.64. The molecule has 31 heavy (non-hydrogen) atoms. The van der Waals surface area contributed by atoms with E-state index in [-0.39, 0.29) is 36.7 Å². The Kier molecular flexibility index (Phi) is 5.68. The highest BCUT2D eigenvalue weighted by atomic mass is 16.5. The van der Waals surface area contributed by atoms with Gasteiger partial charge in [-0.2, -0.15) is 0 Å². The van der Waals surface area contributed by atoms with Gasteiger partial charge in [0.05, 0.1) is 6.10 Å². The highest BCUT2D eigenvalue weighted by Gasteiger charge is 2.70. The largest absolute Gasteiger partial charge is 0.458 e. The Balaban J connectivity index is 2.03. The van der Waals surface area contributed by atoms with Gasteiger partial charge in [-0.05, 0) is 33.6 Å². The minimum Gasteiger partial charge on any atom is -0.458 e. The van der Waals surface area contributed by atoms with E-state index in [9.17, 15) is 19.5 Å². The van der Waals surface area contributed by atoms with Gasteiger partial charge in [0.2, 0.25) is 0 Å². The Hall–Kier alpha value is -1.79. The summed E-state index contributed by atoms with van der Waals surface area (Å²) in [5.74, 6) is -1.39. The number of carbonyl (C=O) groups excluding carboxylic acids is 3. The molecule has 3 aliphatic rings. The van der Waals surface area contributed by atoms with Crippen molar-refractivity contribution in [3.05, 3.63) is 24.3 Å². The van der Waals surface area contributed by atoms with Crippen molar-refractivity contribution in [3.8, 4) is 0 Å². The van der Waals surface area contributed by atoms with Crippen molar-refractivity contribution in [1.82, 2.24) is 0 Å². The molecule has 1 heterocycles. The van der Waals surface area contributed by atoms with E-state index in [4.69, 9.17) is 9.47 Å². The fourth-order valence-corrected chi connectivity index (χ4v) is 6.28. The van der Waals surface area contributed by atoms with Crippen LogP contribution in [0.4, 0.5) is 0 Å². The van der Waals surface area contributed by atoms with Crippen LogP contribution in [0, 0.1) is 22.7 Å². The average Bonchev–Trinajstić information content (AvgIpc) is 2.70. The van der Waals surface area contributed by atoms with E-state index in [1.54, 1.807) is 33.8 Å². The molecule has 0 amide bonds. The number of carbonyl (C=O) groups is 3. The molecule has 0 spiro atoms. The molecular weight excluding hydrogens is 396 g/mol. The number of rotatable bonds is 3. The van der Waals surface area contributed by atoms with Crippen LogP contribution in [0.3, 0.4) is 0 Å². The van der Waals surface area contributed by atoms with Crippen LogP contribution in [0.1, 0.15) is 67.7 Å². The molecule has 0 aromatic carbocycles. The van der Waals surface area contributed by atoms with Crippen LogP contribution in [0.25, 0.3) is 0 Å². The minimum atomic E-state index is -1.22. The van der Waals surface area contributed by atoms with Crippen molar-refractivity contribution in [2.24, 2.45) is 22.7 Å². The third-order valence-corrected chi connectivity index (χ3v) is 8.75. The van der Waals surface area contributed by atoms with Crippen molar-refractivity contribution >= 4 is 17.5 Å². The quantitative estimate of drug-likeness (QED) is 0.417. The summed E-state index contributed by atoms with van der Waals surface area (Å²) < 4.78 is 12.0. The van der Waals surface area contributed by atoms with Gasteiger partial charge in [0.15, 0.2) is 11.6 Å². The lowest BCUT2D eigenvalue weighted by Gasteiger charge is -2.65. The summed E-state index contributed by atoms with van der Waals surface area (Å²) in [6, 6.07) is 0. The predicted octanol–water partition coefficient (Wildman–Crippen LogP) is 3.56. The van der Waals surface area contributed by atoms with Crippen LogP contribution in [0.5, 0.6) is 0 Å². The van der Waals surface area contributed by atoms with Crippen molar-refractivity contribution in [2.45, 2.75) is 91.1 Å². The Labute approximate surface area is 185 Å². The second-order valence-electron chi connectivity index (χ2n) is 10.7. The van der Waals surface area contributed by atoms with Gasteiger partial charge < -0.3 is 14.6 Å². The number of Topliss-reactive ketones (excluding diaryl/α,β-unsaturated/α-hetero) is 2. The molecule has 0 unspecified atom stereocenters. The van der Waals surface area contributed by atoms with Gasteiger partial charge in [0, 0.05) is 41.6 Å².